The van der Waals surface area contributed by atoms with E-state index in [1.165, 1.54) is 6.07 Å². The van der Waals surface area contributed by atoms with Gasteiger partial charge in [0.05, 0.1) is 4.92 Å². The maximum Gasteiger partial charge on any atom is 0.270 e. The SMILES string of the molecule is CCn1cc(-c2cccc([N+](=O)[O-])c2)c(-c2ccncc2)n1. The fourth-order valence-corrected chi connectivity index (χ4v) is 2.30. The number of hydrogen-bond donors (Lipinski definition) is 0. The molecule has 3 rings (SSSR count). The second kappa shape index (κ2) is 5.77. The van der Waals surface area contributed by atoms with E-state index < -0.39 is 0 Å². The summed E-state index contributed by atoms with van der Waals surface area (Å²) >= 11 is 0. The third kappa shape index (κ3) is 2.58. The average Bonchev–Trinajstić information content (AvgIpc) is 3.00. The maximum atomic E-state index is 11.0. The molecule has 6 nitrogen and oxygen atoms in total. The van der Waals surface area contributed by atoms with Crippen LogP contribution in [0.4, 0.5) is 5.69 Å². The zero-order valence-corrected chi connectivity index (χ0v) is 12.0. The van der Waals surface area contributed by atoms with Crippen LogP contribution in [0, 0.1) is 10.1 Å². The van der Waals surface area contributed by atoms with Crippen molar-refractivity contribution in [3.05, 3.63) is 65.1 Å². The molecule has 1 aromatic carbocycles. The van der Waals surface area contributed by atoms with Crippen molar-refractivity contribution in [3.63, 3.8) is 0 Å². The Balaban J connectivity index is 2.16. The number of non-ortho nitro benzene ring substituents is 1. The molecule has 22 heavy (non-hydrogen) atoms. The molecule has 0 aliphatic heterocycles. The Kier molecular flexibility index (Phi) is 3.65. The standard InChI is InChI=1S/C16H14N4O2/c1-2-19-11-15(13-4-3-5-14(10-13)20(21)22)16(18-19)12-6-8-17-9-7-12/h3-11H,2H2,1H3. The zero-order valence-electron chi connectivity index (χ0n) is 12.0. The van der Waals surface area contributed by atoms with Crippen LogP contribution in [0.15, 0.2) is 55.0 Å². The van der Waals surface area contributed by atoms with Gasteiger partial charge in [0.2, 0.25) is 0 Å². The molecule has 0 spiro atoms. The van der Waals surface area contributed by atoms with Crippen molar-refractivity contribution in [3.8, 4) is 22.4 Å². The highest BCUT2D eigenvalue weighted by Gasteiger charge is 2.15. The van der Waals surface area contributed by atoms with Gasteiger partial charge in [-0.15, -0.1) is 0 Å². The summed E-state index contributed by atoms with van der Waals surface area (Å²) in [5, 5.41) is 15.5. The largest absolute Gasteiger partial charge is 0.272 e. The topological polar surface area (TPSA) is 73.8 Å². The number of rotatable bonds is 4. The zero-order chi connectivity index (χ0) is 15.5. The lowest BCUT2D eigenvalue weighted by atomic mass is 10.0. The van der Waals surface area contributed by atoms with Crippen LogP contribution in [0.3, 0.4) is 0 Å². The molecule has 0 fully saturated rings. The summed E-state index contributed by atoms with van der Waals surface area (Å²) < 4.78 is 1.82. The Bertz CT molecular complexity index is 812. The van der Waals surface area contributed by atoms with E-state index in [1.807, 2.05) is 36.0 Å². The van der Waals surface area contributed by atoms with Crippen LogP contribution in [0.5, 0.6) is 0 Å². The van der Waals surface area contributed by atoms with Gasteiger partial charge in [-0.05, 0) is 24.6 Å². The van der Waals surface area contributed by atoms with Crippen LogP contribution in [0.2, 0.25) is 0 Å². The van der Waals surface area contributed by atoms with Crippen molar-refractivity contribution in [2.75, 3.05) is 0 Å². The fourth-order valence-electron chi connectivity index (χ4n) is 2.30. The lowest BCUT2D eigenvalue weighted by Crippen LogP contribution is -1.93. The van der Waals surface area contributed by atoms with Crippen molar-refractivity contribution in [2.24, 2.45) is 0 Å². The highest BCUT2D eigenvalue weighted by atomic mass is 16.6. The summed E-state index contributed by atoms with van der Waals surface area (Å²) in [7, 11) is 0. The molecular formula is C16H14N4O2. The molecule has 3 aromatic rings. The van der Waals surface area contributed by atoms with E-state index in [-0.39, 0.29) is 10.6 Å². The Morgan fingerprint density at radius 2 is 1.95 bits per heavy atom. The summed E-state index contributed by atoms with van der Waals surface area (Å²) in [4.78, 5) is 14.6. The van der Waals surface area contributed by atoms with Crippen molar-refractivity contribution in [2.45, 2.75) is 13.5 Å². The van der Waals surface area contributed by atoms with Crippen LogP contribution in [0.1, 0.15) is 6.92 Å². The van der Waals surface area contributed by atoms with Gasteiger partial charge in [0.1, 0.15) is 5.69 Å². The maximum absolute atomic E-state index is 11.0. The van der Waals surface area contributed by atoms with Crippen LogP contribution in [-0.4, -0.2) is 19.7 Å². The first-order valence-electron chi connectivity index (χ1n) is 6.91. The second-order valence-electron chi connectivity index (χ2n) is 4.79. The Hall–Kier alpha value is -3.02. The molecule has 0 bridgehead atoms. The predicted octanol–water partition coefficient (Wildman–Crippen LogP) is 3.54. The highest BCUT2D eigenvalue weighted by molar-refractivity contribution is 5.81. The first-order valence-corrected chi connectivity index (χ1v) is 6.91. The number of nitrogens with zero attached hydrogens (tertiary/aromatic N) is 4. The van der Waals surface area contributed by atoms with Gasteiger partial charge in [-0.1, -0.05) is 12.1 Å². The molecule has 0 aliphatic carbocycles. The van der Waals surface area contributed by atoms with Crippen LogP contribution < -0.4 is 0 Å². The van der Waals surface area contributed by atoms with E-state index in [2.05, 4.69) is 10.1 Å². The minimum atomic E-state index is -0.389. The first kappa shape index (κ1) is 13.9. The number of aryl methyl sites for hydroxylation is 1. The van der Waals surface area contributed by atoms with Gasteiger partial charge in [-0.2, -0.15) is 5.10 Å². The summed E-state index contributed by atoms with van der Waals surface area (Å²) in [6, 6.07) is 10.4. The number of pyridine rings is 1. The number of nitro benzene ring substituents is 1. The number of aromatic nitrogens is 3. The molecule has 0 saturated heterocycles. The van der Waals surface area contributed by atoms with E-state index in [1.54, 1.807) is 24.5 Å². The van der Waals surface area contributed by atoms with Gasteiger partial charge in [0, 0.05) is 48.4 Å². The van der Waals surface area contributed by atoms with E-state index in [0.717, 1.165) is 28.9 Å². The molecule has 0 unspecified atom stereocenters. The van der Waals surface area contributed by atoms with Gasteiger partial charge in [-0.3, -0.25) is 19.8 Å². The van der Waals surface area contributed by atoms with E-state index in [0.29, 0.717) is 0 Å². The third-order valence-electron chi connectivity index (χ3n) is 3.41. The van der Waals surface area contributed by atoms with Crippen molar-refractivity contribution in [1.82, 2.24) is 14.8 Å². The molecule has 0 radical (unpaired) electrons. The molecule has 110 valence electrons. The summed E-state index contributed by atoms with van der Waals surface area (Å²) in [6.45, 7) is 2.73. The minimum absolute atomic E-state index is 0.0717. The van der Waals surface area contributed by atoms with E-state index in [4.69, 9.17) is 0 Å². The molecule has 2 aromatic heterocycles. The predicted molar refractivity (Wildman–Crippen MR) is 83.2 cm³/mol. The molecule has 0 atom stereocenters. The molecule has 0 aliphatic rings. The smallest absolute Gasteiger partial charge is 0.270 e. The van der Waals surface area contributed by atoms with Crippen LogP contribution in [0.25, 0.3) is 22.4 Å². The van der Waals surface area contributed by atoms with E-state index >= 15 is 0 Å². The normalized spacial score (nSPS) is 10.6. The van der Waals surface area contributed by atoms with E-state index in [9.17, 15) is 10.1 Å². The average molecular weight is 294 g/mol. The Labute approximate surface area is 127 Å². The molecule has 0 saturated carbocycles. The monoisotopic (exact) mass is 294 g/mol. The summed E-state index contributed by atoms with van der Waals surface area (Å²) in [5.41, 5.74) is 3.45. The summed E-state index contributed by atoms with van der Waals surface area (Å²) in [5.74, 6) is 0. The summed E-state index contributed by atoms with van der Waals surface area (Å²) in [6.07, 6.45) is 5.32. The van der Waals surface area contributed by atoms with Crippen molar-refractivity contribution >= 4 is 5.69 Å². The number of hydrogen-bond acceptors (Lipinski definition) is 4. The van der Waals surface area contributed by atoms with Crippen LogP contribution in [-0.2, 0) is 6.54 Å². The number of benzene rings is 1. The van der Waals surface area contributed by atoms with Gasteiger partial charge in [-0.25, -0.2) is 0 Å². The van der Waals surface area contributed by atoms with Gasteiger partial charge in [0.15, 0.2) is 0 Å². The molecule has 2 heterocycles. The molecule has 6 heteroatoms. The van der Waals surface area contributed by atoms with Crippen LogP contribution >= 0.6 is 0 Å². The third-order valence-corrected chi connectivity index (χ3v) is 3.41. The highest BCUT2D eigenvalue weighted by Crippen LogP contribution is 2.32. The van der Waals surface area contributed by atoms with Crippen molar-refractivity contribution in [1.29, 1.82) is 0 Å². The Morgan fingerprint density at radius 1 is 1.18 bits per heavy atom. The quantitative estimate of drug-likeness (QED) is 0.545. The lowest BCUT2D eigenvalue weighted by Gasteiger charge is -2.02. The van der Waals surface area contributed by atoms with Crippen molar-refractivity contribution < 1.29 is 4.92 Å². The molecule has 0 N–H and O–H groups in total. The van der Waals surface area contributed by atoms with Gasteiger partial charge in [0.25, 0.3) is 5.69 Å². The minimum Gasteiger partial charge on any atom is -0.272 e. The number of nitro groups is 1. The lowest BCUT2D eigenvalue weighted by molar-refractivity contribution is -0.384. The molecule has 0 amide bonds. The van der Waals surface area contributed by atoms with Gasteiger partial charge >= 0.3 is 0 Å². The second-order valence-corrected chi connectivity index (χ2v) is 4.79. The fraction of sp³-hybridized carbons (Fsp3) is 0.125. The first-order chi connectivity index (χ1) is 10.7. The van der Waals surface area contributed by atoms with Gasteiger partial charge < -0.3 is 0 Å². The Morgan fingerprint density at radius 3 is 2.64 bits per heavy atom. The molecular weight excluding hydrogens is 280 g/mol.